The second-order valence-corrected chi connectivity index (χ2v) is 6.06. The molecule has 0 bridgehead atoms. The lowest BCUT2D eigenvalue weighted by Crippen LogP contribution is -2.20. The molecule has 0 saturated carbocycles. The number of pyridine rings is 1. The molecule has 0 atom stereocenters. The van der Waals surface area contributed by atoms with Gasteiger partial charge in [0.2, 0.25) is 11.7 Å². The lowest BCUT2D eigenvalue weighted by molar-refractivity contribution is 0.358. The van der Waals surface area contributed by atoms with E-state index in [9.17, 15) is 30.4 Å². The van der Waals surface area contributed by atoms with Crippen LogP contribution in [0.25, 0.3) is 0 Å². The molecule has 2 rings (SSSR count). The number of hydrogen-bond acceptors (Lipinski definition) is 5. The first-order valence-corrected chi connectivity index (χ1v) is 7.75. The van der Waals surface area contributed by atoms with Crippen molar-refractivity contribution >= 4 is 15.8 Å². The topological polar surface area (TPSA) is 77.5 Å². The van der Waals surface area contributed by atoms with Gasteiger partial charge in [0.25, 0.3) is 10.0 Å². The Balaban J connectivity index is 2.58. The fraction of sp³-hybridized carbons (Fsp3) is 0.154. The van der Waals surface area contributed by atoms with Crippen LogP contribution >= 0.6 is 0 Å². The number of nitrogens with zero attached hydrogens (tertiary/aromatic N) is 1. The van der Waals surface area contributed by atoms with Crippen molar-refractivity contribution in [1.82, 2.24) is 4.98 Å². The van der Waals surface area contributed by atoms with E-state index in [1.165, 1.54) is 20.3 Å². The number of benzene rings is 1. The Hall–Kier alpha value is -2.63. The van der Waals surface area contributed by atoms with Crippen molar-refractivity contribution in [2.24, 2.45) is 0 Å². The van der Waals surface area contributed by atoms with Gasteiger partial charge in [0.15, 0.2) is 28.2 Å². The van der Waals surface area contributed by atoms with Gasteiger partial charge in [-0.2, -0.15) is 4.98 Å². The first-order valence-electron chi connectivity index (χ1n) is 6.26. The maximum atomic E-state index is 13.7. The van der Waals surface area contributed by atoms with Crippen molar-refractivity contribution in [2.45, 2.75) is 4.90 Å². The highest BCUT2D eigenvalue weighted by Gasteiger charge is 2.34. The average molecular weight is 384 g/mol. The molecule has 1 N–H and O–H groups in total. The van der Waals surface area contributed by atoms with E-state index in [-0.39, 0.29) is 11.6 Å². The zero-order valence-electron chi connectivity index (χ0n) is 12.5. The highest BCUT2D eigenvalue weighted by Crippen LogP contribution is 2.29. The molecule has 12 heteroatoms. The summed E-state index contributed by atoms with van der Waals surface area (Å²) in [5.41, 5.74) is 0. The van der Waals surface area contributed by atoms with E-state index >= 15 is 0 Å². The minimum atomic E-state index is -5.21. The molecule has 0 aliphatic heterocycles. The van der Waals surface area contributed by atoms with E-state index in [2.05, 4.69) is 4.98 Å². The molecule has 136 valence electrons. The maximum Gasteiger partial charge on any atom is 0.269 e. The molecular formula is C13H9F5N2O4S. The molecule has 1 heterocycles. The number of rotatable bonds is 5. The number of aromatic nitrogens is 1. The Morgan fingerprint density at radius 2 is 1.40 bits per heavy atom. The van der Waals surface area contributed by atoms with E-state index < -0.39 is 49.8 Å². The summed E-state index contributed by atoms with van der Waals surface area (Å²) in [7, 11) is -2.77. The van der Waals surface area contributed by atoms with Gasteiger partial charge in [0.05, 0.1) is 14.2 Å². The lowest BCUT2D eigenvalue weighted by Gasteiger charge is -2.12. The van der Waals surface area contributed by atoms with Gasteiger partial charge in [-0.3, -0.25) is 4.72 Å². The monoisotopic (exact) mass is 384 g/mol. The van der Waals surface area contributed by atoms with Crippen LogP contribution in [0.1, 0.15) is 0 Å². The minimum Gasteiger partial charge on any atom is -0.496 e. The van der Waals surface area contributed by atoms with Crippen LogP contribution in [0.15, 0.2) is 17.0 Å². The maximum absolute atomic E-state index is 13.7. The summed E-state index contributed by atoms with van der Waals surface area (Å²) in [5.74, 6) is -12.9. The van der Waals surface area contributed by atoms with Gasteiger partial charge in [-0.1, -0.05) is 0 Å². The van der Waals surface area contributed by atoms with Gasteiger partial charge >= 0.3 is 0 Å². The Bertz CT molecular complexity index is 885. The molecule has 0 amide bonds. The van der Waals surface area contributed by atoms with E-state index in [4.69, 9.17) is 9.47 Å². The van der Waals surface area contributed by atoms with Gasteiger partial charge in [-0.15, -0.1) is 0 Å². The molecule has 0 aliphatic carbocycles. The van der Waals surface area contributed by atoms with Gasteiger partial charge in [-0.25, -0.2) is 30.4 Å². The molecule has 25 heavy (non-hydrogen) atoms. The first kappa shape index (κ1) is 18.7. The summed E-state index contributed by atoms with van der Waals surface area (Å²) in [4.78, 5) is 1.60. The number of sulfonamides is 1. The molecule has 2 aromatic rings. The third-order valence-corrected chi connectivity index (χ3v) is 4.27. The summed E-state index contributed by atoms with van der Waals surface area (Å²) in [6.07, 6.45) is 0. The van der Waals surface area contributed by atoms with E-state index in [0.29, 0.717) is 0 Å². The Labute approximate surface area is 138 Å². The van der Waals surface area contributed by atoms with Crippen molar-refractivity contribution in [3.8, 4) is 11.6 Å². The molecule has 0 saturated heterocycles. The predicted octanol–water partition coefficient (Wildman–Crippen LogP) is 2.60. The van der Waals surface area contributed by atoms with Crippen LogP contribution in [0.4, 0.5) is 27.8 Å². The van der Waals surface area contributed by atoms with Crippen molar-refractivity contribution in [3.63, 3.8) is 0 Å². The Kier molecular flexibility index (Phi) is 5.02. The van der Waals surface area contributed by atoms with Crippen molar-refractivity contribution in [3.05, 3.63) is 41.2 Å². The molecule has 0 fully saturated rings. The fourth-order valence-corrected chi connectivity index (χ4v) is 2.90. The SMILES string of the molecule is COc1cc(NS(=O)(=O)c2c(F)c(F)c(F)c(F)c2F)nc(OC)c1. The Morgan fingerprint density at radius 1 is 0.880 bits per heavy atom. The number of anilines is 1. The summed E-state index contributed by atoms with van der Waals surface area (Å²) >= 11 is 0. The van der Waals surface area contributed by atoms with E-state index in [1.807, 2.05) is 0 Å². The average Bonchev–Trinajstić information content (AvgIpc) is 2.57. The van der Waals surface area contributed by atoms with Crippen LogP contribution in [-0.4, -0.2) is 27.6 Å². The highest BCUT2D eigenvalue weighted by molar-refractivity contribution is 7.92. The standard InChI is InChI=1S/C13H9F5N2O4S/c1-23-5-3-6(19-7(4-5)24-2)20-25(21,22)13-11(17)9(15)8(14)10(16)12(13)18/h3-4H,1-2H3,(H,19,20). The molecular weight excluding hydrogens is 375 g/mol. The number of ether oxygens (including phenoxy) is 2. The van der Waals surface area contributed by atoms with Gasteiger partial charge in [0, 0.05) is 12.1 Å². The van der Waals surface area contributed by atoms with Crippen molar-refractivity contribution in [2.75, 3.05) is 18.9 Å². The second-order valence-electron chi connectivity index (χ2n) is 4.44. The van der Waals surface area contributed by atoms with Crippen LogP contribution in [-0.2, 0) is 10.0 Å². The number of nitrogens with one attached hydrogen (secondary N) is 1. The molecule has 1 aromatic carbocycles. The summed E-state index contributed by atoms with van der Waals surface area (Å²) < 4.78 is 102. The van der Waals surface area contributed by atoms with Gasteiger partial charge in [0.1, 0.15) is 11.6 Å². The summed E-state index contributed by atoms with van der Waals surface area (Å²) in [5, 5.41) is 0. The van der Waals surface area contributed by atoms with Gasteiger partial charge < -0.3 is 9.47 Å². The van der Waals surface area contributed by atoms with Crippen LogP contribution in [0.5, 0.6) is 11.6 Å². The smallest absolute Gasteiger partial charge is 0.269 e. The van der Waals surface area contributed by atoms with Crippen LogP contribution in [0.2, 0.25) is 0 Å². The normalized spacial score (nSPS) is 11.3. The summed E-state index contributed by atoms with van der Waals surface area (Å²) in [6.45, 7) is 0. The molecule has 0 unspecified atom stereocenters. The third-order valence-electron chi connectivity index (χ3n) is 2.90. The number of halogens is 5. The molecule has 1 aromatic heterocycles. The Morgan fingerprint density at radius 3 is 1.88 bits per heavy atom. The van der Waals surface area contributed by atoms with Crippen LogP contribution in [0, 0.1) is 29.1 Å². The van der Waals surface area contributed by atoms with E-state index in [0.717, 1.165) is 6.07 Å². The zero-order chi connectivity index (χ0) is 18.9. The quantitative estimate of drug-likeness (QED) is 0.487. The van der Waals surface area contributed by atoms with E-state index in [1.54, 1.807) is 4.72 Å². The molecule has 0 radical (unpaired) electrons. The number of methoxy groups -OCH3 is 2. The van der Waals surface area contributed by atoms with Gasteiger partial charge in [-0.05, 0) is 0 Å². The second kappa shape index (κ2) is 6.70. The predicted molar refractivity (Wildman–Crippen MR) is 74.4 cm³/mol. The van der Waals surface area contributed by atoms with Crippen LogP contribution in [0.3, 0.4) is 0 Å². The van der Waals surface area contributed by atoms with Crippen molar-refractivity contribution in [1.29, 1.82) is 0 Å². The summed E-state index contributed by atoms with van der Waals surface area (Å²) in [6, 6.07) is 2.27. The molecule has 0 spiro atoms. The number of hydrogen-bond donors (Lipinski definition) is 1. The first-order chi connectivity index (χ1) is 11.6. The fourth-order valence-electron chi connectivity index (χ4n) is 1.77. The largest absolute Gasteiger partial charge is 0.496 e. The van der Waals surface area contributed by atoms with Crippen LogP contribution < -0.4 is 14.2 Å². The van der Waals surface area contributed by atoms with Crippen molar-refractivity contribution < 1.29 is 39.8 Å². The molecule has 0 aliphatic rings. The minimum absolute atomic E-state index is 0.0574. The molecule has 6 nitrogen and oxygen atoms in total. The lowest BCUT2D eigenvalue weighted by atomic mass is 10.3. The third kappa shape index (κ3) is 3.43. The zero-order valence-corrected chi connectivity index (χ0v) is 13.3. The highest BCUT2D eigenvalue weighted by atomic mass is 32.2.